The van der Waals surface area contributed by atoms with Crippen LogP contribution in [0.1, 0.15) is 6.92 Å². The maximum Gasteiger partial charge on any atom is 0.221 e. The molecule has 3 nitrogen and oxygen atoms in total. The van der Waals surface area contributed by atoms with Crippen molar-refractivity contribution in [2.45, 2.75) is 6.92 Å². The Morgan fingerprint density at radius 2 is 2.33 bits per heavy atom. The van der Waals surface area contributed by atoms with Gasteiger partial charge in [-0.25, -0.2) is 0 Å². The molecule has 63 valence electrons. The van der Waals surface area contributed by atoms with E-state index < -0.39 is 0 Å². The largest absolute Gasteiger partial charge is 0.490 e. The molecule has 0 unspecified atom stereocenters. The van der Waals surface area contributed by atoms with Crippen molar-refractivity contribution >= 4 is 11.6 Å². The van der Waals surface area contributed by atoms with Crippen molar-refractivity contribution in [3.63, 3.8) is 0 Å². The molecule has 0 atom stereocenters. The van der Waals surface area contributed by atoms with E-state index in [1.165, 1.54) is 6.92 Å². The molecule has 1 amide bonds. The highest BCUT2D eigenvalue weighted by Crippen LogP contribution is 2.16. The number of carbonyl (C=O) groups is 1. The van der Waals surface area contributed by atoms with Gasteiger partial charge in [0.25, 0.3) is 0 Å². The fraction of sp³-hybridized carbons (Fsp3) is 0.111. The molecule has 0 spiro atoms. The van der Waals surface area contributed by atoms with E-state index in [9.17, 15) is 4.79 Å². The summed E-state index contributed by atoms with van der Waals surface area (Å²) in [4.78, 5) is 10.6. The van der Waals surface area contributed by atoms with Crippen LogP contribution in [0.15, 0.2) is 24.3 Å². The Hall–Kier alpha value is -1.51. The summed E-state index contributed by atoms with van der Waals surface area (Å²) in [5.41, 5.74) is 0.712. The van der Waals surface area contributed by atoms with Crippen LogP contribution >= 0.6 is 0 Å². The molecule has 1 aromatic carbocycles. The predicted octanol–water partition coefficient (Wildman–Crippen LogP) is 1.82. The molecule has 0 aliphatic carbocycles. The van der Waals surface area contributed by atoms with E-state index in [2.05, 4.69) is 12.4 Å². The van der Waals surface area contributed by atoms with Crippen LogP contribution in [-0.2, 0) is 4.79 Å². The highest BCUT2D eigenvalue weighted by atomic mass is 16.5. The van der Waals surface area contributed by atoms with Crippen LogP contribution in [0.5, 0.6) is 5.75 Å². The number of benzene rings is 1. The van der Waals surface area contributed by atoms with Gasteiger partial charge in [0, 0.05) is 18.7 Å². The van der Waals surface area contributed by atoms with Gasteiger partial charge in [0.1, 0.15) is 12.9 Å². The fourth-order valence-electron chi connectivity index (χ4n) is 0.867. The van der Waals surface area contributed by atoms with Crippen molar-refractivity contribution in [2.75, 3.05) is 5.32 Å². The minimum atomic E-state index is -0.101. The van der Waals surface area contributed by atoms with Crippen molar-refractivity contribution < 1.29 is 9.53 Å². The highest BCUT2D eigenvalue weighted by Gasteiger charge is 1.96. The molecule has 1 rings (SSSR count). The number of nitrogens with one attached hydrogen (secondary N) is 1. The molecule has 0 saturated heterocycles. The van der Waals surface area contributed by atoms with Crippen molar-refractivity contribution in [1.82, 2.24) is 0 Å². The summed E-state index contributed by atoms with van der Waals surface area (Å²) < 4.78 is 4.74. The monoisotopic (exact) mass is 164 g/mol. The molecular formula is C9H10NO2. The number of hydrogen-bond donors (Lipinski definition) is 1. The van der Waals surface area contributed by atoms with Crippen molar-refractivity contribution in [3.8, 4) is 5.75 Å². The zero-order chi connectivity index (χ0) is 8.97. The molecule has 1 aromatic rings. The summed E-state index contributed by atoms with van der Waals surface area (Å²) in [6.07, 6.45) is 0. The molecule has 0 aliphatic rings. The molecule has 1 radical (unpaired) electrons. The van der Waals surface area contributed by atoms with Gasteiger partial charge >= 0.3 is 0 Å². The summed E-state index contributed by atoms with van der Waals surface area (Å²) in [5.74, 6) is 0.525. The van der Waals surface area contributed by atoms with E-state index in [1.54, 1.807) is 24.3 Å². The maximum atomic E-state index is 10.6. The zero-order valence-corrected chi connectivity index (χ0v) is 6.83. The average molecular weight is 164 g/mol. The van der Waals surface area contributed by atoms with Crippen LogP contribution in [0.3, 0.4) is 0 Å². The van der Waals surface area contributed by atoms with Crippen LogP contribution in [-0.4, -0.2) is 5.91 Å². The Morgan fingerprint density at radius 1 is 1.58 bits per heavy atom. The summed E-state index contributed by atoms with van der Waals surface area (Å²) in [6.45, 7) is 1.46. The first-order valence-corrected chi connectivity index (χ1v) is 3.52. The van der Waals surface area contributed by atoms with Crippen molar-refractivity contribution in [3.05, 3.63) is 31.4 Å². The quantitative estimate of drug-likeness (QED) is 0.724. The highest BCUT2D eigenvalue weighted by molar-refractivity contribution is 5.88. The van der Waals surface area contributed by atoms with Gasteiger partial charge in [-0.1, -0.05) is 6.07 Å². The molecule has 0 fully saturated rings. The predicted molar refractivity (Wildman–Crippen MR) is 46.7 cm³/mol. The van der Waals surface area contributed by atoms with E-state index in [0.717, 1.165) is 0 Å². The van der Waals surface area contributed by atoms with Gasteiger partial charge in [0.05, 0.1) is 0 Å². The van der Waals surface area contributed by atoms with E-state index in [0.29, 0.717) is 11.4 Å². The average Bonchev–Trinajstić information content (AvgIpc) is 2.03. The third-order valence-electron chi connectivity index (χ3n) is 1.32. The summed E-state index contributed by atoms with van der Waals surface area (Å²) >= 11 is 0. The Bertz CT molecular complexity index is 284. The lowest BCUT2D eigenvalue weighted by atomic mass is 10.3. The number of carbonyl (C=O) groups excluding carboxylic acids is 1. The smallest absolute Gasteiger partial charge is 0.221 e. The standard InChI is InChI=1S/C9H10NO2/c1-7(11)10-8-4-3-5-9(6-8)12-2/h3-6H,2H2,1H3,(H,10,11). The van der Waals surface area contributed by atoms with E-state index in [-0.39, 0.29) is 5.91 Å². The number of anilines is 1. The zero-order valence-electron chi connectivity index (χ0n) is 6.83. The molecule has 3 heteroatoms. The van der Waals surface area contributed by atoms with E-state index in [4.69, 9.17) is 4.74 Å². The Labute approximate surface area is 71.4 Å². The van der Waals surface area contributed by atoms with Gasteiger partial charge in [-0.15, -0.1) is 0 Å². The van der Waals surface area contributed by atoms with Crippen LogP contribution in [0.4, 0.5) is 5.69 Å². The summed E-state index contributed by atoms with van der Waals surface area (Å²) in [6, 6.07) is 7.03. The normalized spacial score (nSPS) is 9.17. The first-order chi connectivity index (χ1) is 5.72. The first-order valence-electron chi connectivity index (χ1n) is 3.52. The van der Waals surface area contributed by atoms with Crippen molar-refractivity contribution in [1.29, 1.82) is 0 Å². The van der Waals surface area contributed by atoms with Gasteiger partial charge in [-0.2, -0.15) is 0 Å². The third kappa shape index (κ3) is 2.27. The molecule has 0 aliphatic heterocycles. The first kappa shape index (κ1) is 8.59. The van der Waals surface area contributed by atoms with Crippen LogP contribution in [0, 0.1) is 7.11 Å². The molecule has 0 saturated carbocycles. The van der Waals surface area contributed by atoms with E-state index >= 15 is 0 Å². The number of amides is 1. The number of ether oxygens (including phenoxy) is 1. The lowest BCUT2D eigenvalue weighted by Crippen LogP contribution is -2.05. The molecule has 1 N–H and O–H groups in total. The Balaban J connectivity index is 2.79. The minimum absolute atomic E-state index is 0.101. The van der Waals surface area contributed by atoms with Gasteiger partial charge in [-0.05, 0) is 12.1 Å². The van der Waals surface area contributed by atoms with E-state index in [1.807, 2.05) is 0 Å². The number of hydrogen-bond acceptors (Lipinski definition) is 2. The van der Waals surface area contributed by atoms with Gasteiger partial charge in [0.15, 0.2) is 0 Å². The Kier molecular flexibility index (Phi) is 2.69. The van der Waals surface area contributed by atoms with Crippen LogP contribution < -0.4 is 10.1 Å². The lowest BCUT2D eigenvalue weighted by molar-refractivity contribution is -0.114. The van der Waals surface area contributed by atoms with Crippen LogP contribution in [0.25, 0.3) is 0 Å². The number of rotatable bonds is 2. The van der Waals surface area contributed by atoms with Gasteiger partial charge in [-0.3, -0.25) is 4.79 Å². The summed E-state index contributed by atoms with van der Waals surface area (Å²) in [7, 11) is 3.26. The SMILES string of the molecule is [CH2]Oc1cccc(NC(C)=O)c1. The third-order valence-corrected chi connectivity index (χ3v) is 1.32. The van der Waals surface area contributed by atoms with Crippen LogP contribution in [0.2, 0.25) is 0 Å². The fourth-order valence-corrected chi connectivity index (χ4v) is 0.867. The van der Waals surface area contributed by atoms with Gasteiger partial charge in [0.2, 0.25) is 5.91 Å². The topological polar surface area (TPSA) is 38.3 Å². The van der Waals surface area contributed by atoms with Gasteiger partial charge < -0.3 is 10.1 Å². The molecule has 0 bridgehead atoms. The lowest BCUT2D eigenvalue weighted by Gasteiger charge is -2.03. The molecule has 12 heavy (non-hydrogen) atoms. The summed E-state index contributed by atoms with van der Waals surface area (Å²) in [5, 5.41) is 2.63. The minimum Gasteiger partial charge on any atom is -0.490 e. The molecular weight excluding hydrogens is 154 g/mol. The second kappa shape index (κ2) is 3.76. The Morgan fingerprint density at radius 3 is 2.92 bits per heavy atom. The second-order valence-corrected chi connectivity index (χ2v) is 2.35. The molecule has 0 aromatic heterocycles. The molecule has 0 heterocycles. The second-order valence-electron chi connectivity index (χ2n) is 2.35. The van der Waals surface area contributed by atoms with Crippen molar-refractivity contribution in [2.24, 2.45) is 0 Å². The maximum absolute atomic E-state index is 10.6.